The molecule has 0 unspecified atom stereocenters. The van der Waals surface area contributed by atoms with Gasteiger partial charge in [0.25, 0.3) is 0 Å². The average Bonchev–Trinajstić information content (AvgIpc) is 2.16. The second-order valence-corrected chi connectivity index (χ2v) is 2.70. The van der Waals surface area contributed by atoms with Crippen LogP contribution in [0.4, 0.5) is 5.82 Å². The van der Waals surface area contributed by atoms with Gasteiger partial charge in [0.15, 0.2) is 0 Å². The first-order valence-corrected chi connectivity index (χ1v) is 4.35. The summed E-state index contributed by atoms with van der Waals surface area (Å²) in [5, 5.41) is 3.01. The summed E-state index contributed by atoms with van der Waals surface area (Å²) in [6, 6.07) is 1.93. The van der Waals surface area contributed by atoms with Crippen LogP contribution in [-0.4, -0.2) is 16.5 Å². The third-order valence-corrected chi connectivity index (χ3v) is 1.60. The molecule has 0 aliphatic heterocycles. The molecule has 0 saturated heterocycles. The van der Waals surface area contributed by atoms with Crippen molar-refractivity contribution in [3.05, 3.63) is 18.1 Å². The van der Waals surface area contributed by atoms with E-state index in [1.807, 2.05) is 6.07 Å². The van der Waals surface area contributed by atoms with E-state index >= 15 is 0 Å². The number of terminal acetylenes is 1. The van der Waals surface area contributed by atoms with Crippen LogP contribution in [0.15, 0.2) is 12.4 Å². The first kappa shape index (κ1) is 9.53. The van der Waals surface area contributed by atoms with Crippen molar-refractivity contribution < 1.29 is 0 Å². The number of aromatic nitrogens is 2. The van der Waals surface area contributed by atoms with Gasteiger partial charge in [-0.15, -0.1) is 6.42 Å². The number of nitrogens with one attached hydrogen (secondary N) is 1. The van der Waals surface area contributed by atoms with E-state index in [-0.39, 0.29) is 0 Å². The van der Waals surface area contributed by atoms with Crippen molar-refractivity contribution in [3.8, 4) is 12.3 Å². The minimum atomic E-state index is 0.503. The molecule has 68 valence electrons. The van der Waals surface area contributed by atoms with Crippen molar-refractivity contribution in [3.63, 3.8) is 0 Å². The highest BCUT2D eigenvalue weighted by Gasteiger charge is 1.95. The number of hydrogen-bond acceptors (Lipinski definition) is 3. The largest absolute Gasteiger partial charge is 0.359 e. The number of hydrogen-bond donors (Lipinski definition) is 1. The molecular weight excluding hydrogens is 162 g/mol. The highest BCUT2D eigenvalue weighted by Crippen LogP contribution is 2.04. The monoisotopic (exact) mass is 175 g/mol. The number of rotatable bonds is 4. The molecule has 0 amide bonds. The van der Waals surface area contributed by atoms with E-state index < -0.39 is 0 Å². The molecule has 0 spiro atoms. The summed E-state index contributed by atoms with van der Waals surface area (Å²) < 4.78 is 0. The molecule has 0 radical (unpaired) electrons. The summed E-state index contributed by atoms with van der Waals surface area (Å²) in [5.74, 6) is 3.30. The minimum absolute atomic E-state index is 0.503. The molecule has 0 aliphatic carbocycles. The van der Waals surface area contributed by atoms with Crippen LogP contribution in [0.25, 0.3) is 0 Å². The maximum Gasteiger partial charge on any atom is 0.130 e. The summed E-state index contributed by atoms with van der Waals surface area (Å²) in [4.78, 5) is 8.18. The zero-order valence-electron chi connectivity index (χ0n) is 7.75. The van der Waals surface area contributed by atoms with Gasteiger partial charge in [0.05, 0.1) is 6.54 Å². The number of aryl methyl sites for hydroxylation is 1. The first-order valence-electron chi connectivity index (χ1n) is 4.35. The molecule has 1 heterocycles. The lowest BCUT2D eigenvalue weighted by Crippen LogP contribution is -2.02. The second kappa shape index (κ2) is 5.15. The molecule has 13 heavy (non-hydrogen) atoms. The quantitative estimate of drug-likeness (QED) is 0.704. The van der Waals surface area contributed by atoms with E-state index in [0.717, 1.165) is 24.4 Å². The maximum atomic E-state index is 5.12. The van der Waals surface area contributed by atoms with Crippen LogP contribution in [-0.2, 0) is 6.42 Å². The highest BCUT2D eigenvalue weighted by atomic mass is 15.0. The van der Waals surface area contributed by atoms with Crippen molar-refractivity contribution in [1.29, 1.82) is 0 Å². The summed E-state index contributed by atoms with van der Waals surface area (Å²) >= 11 is 0. The van der Waals surface area contributed by atoms with Crippen molar-refractivity contribution in [2.24, 2.45) is 0 Å². The van der Waals surface area contributed by atoms with Crippen LogP contribution in [0.5, 0.6) is 0 Å². The highest BCUT2D eigenvalue weighted by molar-refractivity contribution is 5.36. The lowest BCUT2D eigenvalue weighted by Gasteiger charge is -2.02. The lowest BCUT2D eigenvalue weighted by atomic mass is 10.2. The fraction of sp³-hybridized carbons (Fsp3) is 0.400. The third kappa shape index (κ3) is 3.12. The van der Waals surface area contributed by atoms with E-state index in [2.05, 4.69) is 28.1 Å². The van der Waals surface area contributed by atoms with Crippen LogP contribution in [0.1, 0.15) is 19.0 Å². The van der Waals surface area contributed by atoms with E-state index in [0.29, 0.717) is 6.54 Å². The maximum absolute atomic E-state index is 5.12. The third-order valence-electron chi connectivity index (χ3n) is 1.60. The summed E-state index contributed by atoms with van der Waals surface area (Å²) in [6.07, 6.45) is 8.74. The number of nitrogens with zero attached hydrogens (tertiary/aromatic N) is 2. The van der Waals surface area contributed by atoms with E-state index in [1.165, 1.54) is 0 Å². The van der Waals surface area contributed by atoms with Crippen molar-refractivity contribution >= 4 is 5.82 Å². The minimum Gasteiger partial charge on any atom is -0.359 e. The Kier molecular flexibility index (Phi) is 3.77. The zero-order chi connectivity index (χ0) is 9.52. The fourth-order valence-electron chi connectivity index (χ4n) is 1.03. The molecule has 1 N–H and O–H groups in total. The Balaban J connectivity index is 2.63. The van der Waals surface area contributed by atoms with E-state index in [9.17, 15) is 0 Å². The smallest absolute Gasteiger partial charge is 0.130 e. The van der Waals surface area contributed by atoms with Gasteiger partial charge in [-0.25, -0.2) is 9.97 Å². The van der Waals surface area contributed by atoms with Crippen LogP contribution >= 0.6 is 0 Å². The normalized spacial score (nSPS) is 9.23. The molecule has 0 aromatic carbocycles. The lowest BCUT2D eigenvalue weighted by molar-refractivity contribution is 0.872. The van der Waals surface area contributed by atoms with Gasteiger partial charge in [0.1, 0.15) is 12.1 Å². The molecule has 1 aromatic rings. The Hall–Kier alpha value is -1.56. The molecule has 0 saturated carbocycles. The molecule has 1 rings (SSSR count). The van der Waals surface area contributed by atoms with Gasteiger partial charge in [-0.3, -0.25) is 0 Å². The SMILES string of the molecule is C#CCNc1cc(CCC)ncn1. The van der Waals surface area contributed by atoms with Crippen LogP contribution in [0.3, 0.4) is 0 Å². The Morgan fingerprint density at radius 1 is 1.54 bits per heavy atom. The fourth-order valence-corrected chi connectivity index (χ4v) is 1.03. The van der Waals surface area contributed by atoms with Crippen LogP contribution in [0, 0.1) is 12.3 Å². The van der Waals surface area contributed by atoms with Crippen LogP contribution in [0.2, 0.25) is 0 Å². The molecule has 0 fully saturated rings. The van der Waals surface area contributed by atoms with Gasteiger partial charge in [0, 0.05) is 11.8 Å². The first-order chi connectivity index (χ1) is 6.36. The number of anilines is 1. The summed E-state index contributed by atoms with van der Waals surface area (Å²) in [6.45, 7) is 2.62. The standard InChI is InChI=1S/C10H13N3/c1-3-5-9-7-10(11-6-4-2)13-8-12-9/h2,7-8H,3,5-6H2,1H3,(H,11,12,13). The van der Waals surface area contributed by atoms with Gasteiger partial charge in [-0.1, -0.05) is 19.3 Å². The molecule has 0 atom stereocenters. The van der Waals surface area contributed by atoms with E-state index in [4.69, 9.17) is 6.42 Å². The Labute approximate surface area is 78.6 Å². The van der Waals surface area contributed by atoms with Crippen molar-refractivity contribution in [2.75, 3.05) is 11.9 Å². The second-order valence-electron chi connectivity index (χ2n) is 2.70. The van der Waals surface area contributed by atoms with Crippen LogP contribution < -0.4 is 5.32 Å². The summed E-state index contributed by atoms with van der Waals surface area (Å²) in [5.41, 5.74) is 1.05. The van der Waals surface area contributed by atoms with Gasteiger partial charge in [-0.2, -0.15) is 0 Å². The Morgan fingerprint density at radius 3 is 3.08 bits per heavy atom. The van der Waals surface area contributed by atoms with Crippen molar-refractivity contribution in [1.82, 2.24) is 9.97 Å². The Morgan fingerprint density at radius 2 is 2.38 bits per heavy atom. The van der Waals surface area contributed by atoms with Crippen molar-refractivity contribution in [2.45, 2.75) is 19.8 Å². The molecule has 0 bridgehead atoms. The molecule has 1 aromatic heterocycles. The topological polar surface area (TPSA) is 37.8 Å². The summed E-state index contributed by atoms with van der Waals surface area (Å²) in [7, 11) is 0. The predicted molar refractivity (Wildman–Crippen MR) is 53.3 cm³/mol. The van der Waals surface area contributed by atoms with Gasteiger partial charge in [-0.05, 0) is 6.42 Å². The van der Waals surface area contributed by atoms with E-state index in [1.54, 1.807) is 6.33 Å². The zero-order valence-corrected chi connectivity index (χ0v) is 7.75. The molecule has 3 nitrogen and oxygen atoms in total. The average molecular weight is 175 g/mol. The molecular formula is C10H13N3. The Bertz CT molecular complexity index is 301. The predicted octanol–water partition coefficient (Wildman–Crippen LogP) is 1.47. The molecule has 0 aliphatic rings. The van der Waals surface area contributed by atoms with Gasteiger partial charge in [0.2, 0.25) is 0 Å². The van der Waals surface area contributed by atoms with Gasteiger partial charge >= 0.3 is 0 Å². The molecule has 3 heteroatoms. The van der Waals surface area contributed by atoms with Gasteiger partial charge < -0.3 is 5.32 Å².